The summed E-state index contributed by atoms with van der Waals surface area (Å²) in [5.74, 6) is -0.239. The number of rotatable bonds is 3. The van der Waals surface area contributed by atoms with Crippen molar-refractivity contribution in [3.63, 3.8) is 0 Å². The fourth-order valence-corrected chi connectivity index (χ4v) is 2.37. The van der Waals surface area contributed by atoms with E-state index in [2.05, 4.69) is 0 Å². The average Bonchev–Trinajstić information content (AvgIpc) is 2.72. The van der Waals surface area contributed by atoms with Crippen LogP contribution >= 0.6 is 0 Å². The Morgan fingerprint density at radius 2 is 2.43 bits per heavy atom. The second-order valence-corrected chi connectivity index (χ2v) is 3.82. The SMILES string of the molecule is CCOC(=O)C1OC12CCCC2OC. The van der Waals surface area contributed by atoms with Crippen LogP contribution in [0.25, 0.3) is 0 Å². The first-order valence-electron chi connectivity index (χ1n) is 5.12. The lowest BCUT2D eigenvalue weighted by Crippen LogP contribution is -2.31. The highest BCUT2D eigenvalue weighted by Gasteiger charge is 2.67. The molecule has 2 fully saturated rings. The molecule has 0 aromatic heterocycles. The molecular weight excluding hydrogens is 184 g/mol. The largest absolute Gasteiger partial charge is 0.464 e. The highest BCUT2D eigenvalue weighted by molar-refractivity contribution is 5.79. The molecule has 4 heteroatoms. The fourth-order valence-electron chi connectivity index (χ4n) is 2.37. The first-order chi connectivity index (χ1) is 6.74. The number of epoxide rings is 1. The summed E-state index contributed by atoms with van der Waals surface area (Å²) >= 11 is 0. The quantitative estimate of drug-likeness (QED) is 0.501. The van der Waals surface area contributed by atoms with Gasteiger partial charge in [-0.15, -0.1) is 0 Å². The van der Waals surface area contributed by atoms with Crippen molar-refractivity contribution in [3.05, 3.63) is 0 Å². The molecule has 3 unspecified atom stereocenters. The molecule has 0 bridgehead atoms. The van der Waals surface area contributed by atoms with Crippen LogP contribution in [0.5, 0.6) is 0 Å². The fraction of sp³-hybridized carbons (Fsp3) is 0.900. The highest BCUT2D eigenvalue weighted by Crippen LogP contribution is 2.51. The van der Waals surface area contributed by atoms with Crippen LogP contribution in [0.1, 0.15) is 26.2 Å². The maximum Gasteiger partial charge on any atom is 0.338 e. The molecule has 80 valence electrons. The highest BCUT2D eigenvalue weighted by atomic mass is 16.7. The van der Waals surface area contributed by atoms with Crippen molar-refractivity contribution in [2.45, 2.75) is 44.0 Å². The van der Waals surface area contributed by atoms with Crippen LogP contribution in [0.4, 0.5) is 0 Å². The van der Waals surface area contributed by atoms with Gasteiger partial charge in [-0.2, -0.15) is 0 Å². The molecule has 3 atom stereocenters. The molecule has 2 rings (SSSR count). The molecule has 0 radical (unpaired) electrons. The minimum atomic E-state index is -0.380. The Morgan fingerprint density at radius 3 is 3.07 bits per heavy atom. The van der Waals surface area contributed by atoms with E-state index in [0.29, 0.717) is 6.61 Å². The topological polar surface area (TPSA) is 48.1 Å². The van der Waals surface area contributed by atoms with Gasteiger partial charge < -0.3 is 14.2 Å². The average molecular weight is 200 g/mol. The van der Waals surface area contributed by atoms with E-state index in [1.54, 1.807) is 14.0 Å². The summed E-state index contributed by atoms with van der Waals surface area (Å²) in [5.41, 5.74) is -0.346. The van der Waals surface area contributed by atoms with Gasteiger partial charge in [-0.1, -0.05) is 0 Å². The predicted octanol–water partition coefficient (Wildman–Crippen LogP) is 0.886. The minimum absolute atomic E-state index is 0.0666. The standard InChI is InChI=1S/C10H16O4/c1-3-13-9(11)8-10(14-8)6-4-5-7(10)12-2/h7-8H,3-6H2,1-2H3. The molecule has 0 amide bonds. The number of hydrogen-bond donors (Lipinski definition) is 0. The molecule has 1 heterocycles. The third-order valence-electron chi connectivity index (χ3n) is 3.09. The smallest absolute Gasteiger partial charge is 0.338 e. The Bertz CT molecular complexity index is 240. The van der Waals surface area contributed by atoms with E-state index in [0.717, 1.165) is 19.3 Å². The number of carbonyl (C=O) groups excluding carboxylic acids is 1. The number of carbonyl (C=O) groups is 1. The van der Waals surface area contributed by atoms with Gasteiger partial charge in [0.1, 0.15) is 5.60 Å². The summed E-state index contributed by atoms with van der Waals surface area (Å²) in [5, 5.41) is 0. The van der Waals surface area contributed by atoms with Gasteiger partial charge >= 0.3 is 5.97 Å². The minimum Gasteiger partial charge on any atom is -0.464 e. The third-order valence-corrected chi connectivity index (χ3v) is 3.09. The van der Waals surface area contributed by atoms with Crippen LogP contribution in [0, 0.1) is 0 Å². The van der Waals surface area contributed by atoms with Crippen LogP contribution in [0.3, 0.4) is 0 Å². The zero-order valence-electron chi connectivity index (χ0n) is 8.62. The molecule has 14 heavy (non-hydrogen) atoms. The number of ether oxygens (including phenoxy) is 3. The van der Waals surface area contributed by atoms with Crippen LogP contribution in [-0.2, 0) is 19.0 Å². The van der Waals surface area contributed by atoms with E-state index in [4.69, 9.17) is 14.2 Å². The molecule has 1 aliphatic carbocycles. The van der Waals surface area contributed by atoms with E-state index in [-0.39, 0.29) is 23.8 Å². The third kappa shape index (κ3) is 1.33. The van der Waals surface area contributed by atoms with Crippen LogP contribution < -0.4 is 0 Å². The zero-order valence-corrected chi connectivity index (χ0v) is 8.62. The first kappa shape index (κ1) is 9.93. The maximum absolute atomic E-state index is 11.4. The maximum atomic E-state index is 11.4. The van der Waals surface area contributed by atoms with Gasteiger partial charge in [0, 0.05) is 7.11 Å². The Kier molecular flexibility index (Phi) is 2.49. The summed E-state index contributed by atoms with van der Waals surface area (Å²) < 4.78 is 15.7. The van der Waals surface area contributed by atoms with Crippen molar-refractivity contribution < 1.29 is 19.0 Å². The number of hydrogen-bond acceptors (Lipinski definition) is 4. The second-order valence-electron chi connectivity index (χ2n) is 3.82. The lowest BCUT2D eigenvalue weighted by atomic mass is 10.0. The van der Waals surface area contributed by atoms with Crippen molar-refractivity contribution in [1.82, 2.24) is 0 Å². The molecule has 2 aliphatic rings. The molecule has 1 spiro atoms. The Balaban J connectivity index is 1.98. The summed E-state index contributed by atoms with van der Waals surface area (Å²) in [6.45, 7) is 2.21. The summed E-state index contributed by atoms with van der Waals surface area (Å²) in [6.07, 6.45) is 2.64. The Hall–Kier alpha value is -0.610. The van der Waals surface area contributed by atoms with E-state index in [1.807, 2.05) is 0 Å². The van der Waals surface area contributed by atoms with Crippen LogP contribution in [0.15, 0.2) is 0 Å². The molecule has 1 saturated carbocycles. The second kappa shape index (κ2) is 3.51. The van der Waals surface area contributed by atoms with Gasteiger partial charge in [0.15, 0.2) is 6.10 Å². The molecule has 4 nitrogen and oxygen atoms in total. The zero-order chi connectivity index (χ0) is 10.2. The van der Waals surface area contributed by atoms with Gasteiger partial charge in [-0.3, -0.25) is 0 Å². The molecule has 0 N–H and O–H groups in total. The molecule has 0 aromatic carbocycles. The van der Waals surface area contributed by atoms with Crippen molar-refractivity contribution in [2.75, 3.05) is 13.7 Å². The first-order valence-corrected chi connectivity index (χ1v) is 5.12. The Morgan fingerprint density at radius 1 is 1.64 bits per heavy atom. The van der Waals surface area contributed by atoms with Gasteiger partial charge in [0.25, 0.3) is 0 Å². The van der Waals surface area contributed by atoms with Crippen molar-refractivity contribution >= 4 is 5.97 Å². The van der Waals surface area contributed by atoms with Gasteiger partial charge in [0.05, 0.1) is 12.7 Å². The number of esters is 1. The number of methoxy groups -OCH3 is 1. The van der Waals surface area contributed by atoms with E-state index >= 15 is 0 Å². The van der Waals surface area contributed by atoms with Crippen molar-refractivity contribution in [1.29, 1.82) is 0 Å². The van der Waals surface area contributed by atoms with Crippen molar-refractivity contribution in [2.24, 2.45) is 0 Å². The van der Waals surface area contributed by atoms with Gasteiger partial charge in [0.2, 0.25) is 0 Å². The van der Waals surface area contributed by atoms with Crippen molar-refractivity contribution in [3.8, 4) is 0 Å². The molecule has 1 aliphatic heterocycles. The summed E-state index contributed by atoms with van der Waals surface area (Å²) in [7, 11) is 1.67. The van der Waals surface area contributed by atoms with Crippen LogP contribution in [-0.4, -0.2) is 37.5 Å². The van der Waals surface area contributed by atoms with E-state index in [9.17, 15) is 4.79 Å². The van der Waals surface area contributed by atoms with E-state index in [1.165, 1.54) is 0 Å². The summed E-state index contributed by atoms with van der Waals surface area (Å²) in [4.78, 5) is 11.4. The monoisotopic (exact) mass is 200 g/mol. The predicted molar refractivity (Wildman–Crippen MR) is 48.9 cm³/mol. The van der Waals surface area contributed by atoms with Crippen LogP contribution in [0.2, 0.25) is 0 Å². The lowest BCUT2D eigenvalue weighted by Gasteiger charge is -2.13. The normalized spacial score (nSPS) is 40.1. The van der Waals surface area contributed by atoms with Gasteiger partial charge in [-0.25, -0.2) is 4.79 Å². The molecular formula is C10H16O4. The van der Waals surface area contributed by atoms with E-state index < -0.39 is 0 Å². The molecule has 1 saturated heterocycles. The summed E-state index contributed by atoms with van der Waals surface area (Å²) in [6, 6.07) is 0. The molecule has 0 aromatic rings. The van der Waals surface area contributed by atoms with Gasteiger partial charge in [-0.05, 0) is 26.2 Å². The lowest BCUT2D eigenvalue weighted by molar-refractivity contribution is -0.144. The Labute approximate surface area is 83.5 Å².